The van der Waals surface area contributed by atoms with Gasteiger partial charge in [0.1, 0.15) is 6.61 Å². The van der Waals surface area contributed by atoms with Crippen molar-refractivity contribution in [1.82, 2.24) is 0 Å². The monoisotopic (exact) mass is 180 g/mol. The minimum absolute atomic E-state index is 0.152. The van der Waals surface area contributed by atoms with Crippen molar-refractivity contribution in [3.05, 3.63) is 35.9 Å². The molecule has 0 saturated carbocycles. The van der Waals surface area contributed by atoms with Crippen LogP contribution in [-0.4, -0.2) is 11.8 Å². The van der Waals surface area contributed by atoms with Gasteiger partial charge in [-0.1, -0.05) is 30.3 Å². The van der Waals surface area contributed by atoms with Gasteiger partial charge in [0.05, 0.1) is 0 Å². The molecule has 3 heteroatoms. The van der Waals surface area contributed by atoms with Gasteiger partial charge in [-0.2, -0.15) is 0 Å². The maximum absolute atomic E-state index is 10.7. The van der Waals surface area contributed by atoms with Gasteiger partial charge in [-0.05, 0) is 5.56 Å². The van der Waals surface area contributed by atoms with E-state index in [1.54, 1.807) is 0 Å². The van der Waals surface area contributed by atoms with Gasteiger partial charge in [-0.15, -0.1) is 0 Å². The number of carbonyl (C=O) groups excluding carboxylic acids is 2. The summed E-state index contributed by atoms with van der Waals surface area (Å²) in [6, 6.07) is 9.21. The third-order valence-electron chi connectivity index (χ3n) is 1.50. The van der Waals surface area contributed by atoms with Crippen molar-refractivity contribution in [2.24, 2.45) is 0 Å². The zero-order valence-electron chi connectivity index (χ0n) is 7.32. The molecule has 0 heterocycles. The molecule has 0 aliphatic carbocycles. The Morgan fingerprint density at radius 3 is 2.38 bits per heavy atom. The predicted octanol–water partition coefficient (Wildman–Crippen LogP) is 1.32. The van der Waals surface area contributed by atoms with Crippen molar-refractivity contribution in [3.63, 3.8) is 0 Å². The molecule has 1 aromatic rings. The van der Waals surface area contributed by atoms with Gasteiger partial charge >= 0.3 is 5.97 Å². The molecule has 3 nitrogen and oxygen atoms in total. The Balaban J connectivity index is 2.44. The van der Waals surface area contributed by atoms with Crippen molar-refractivity contribution >= 4 is 11.8 Å². The van der Waals surface area contributed by atoms with Crippen molar-refractivity contribution in [2.75, 3.05) is 0 Å². The largest absolute Gasteiger partial charge is 0.455 e. The summed E-state index contributed by atoms with van der Waals surface area (Å²) in [6.45, 7) is 1.34. The normalized spacial score (nSPS) is 9.31. The zero-order valence-corrected chi connectivity index (χ0v) is 7.32. The fourth-order valence-electron chi connectivity index (χ4n) is 0.825. The Bertz CT molecular complexity index is 303. The zero-order chi connectivity index (χ0) is 9.68. The van der Waals surface area contributed by atoms with Crippen LogP contribution in [0.4, 0.5) is 0 Å². The van der Waals surface area contributed by atoms with Crippen LogP contribution in [0.2, 0.25) is 0 Å². The van der Waals surface area contributed by atoms with Gasteiger partial charge in [0.2, 0.25) is 5.78 Å². The van der Waals surface area contributed by atoms with Crippen molar-refractivity contribution in [1.29, 1.82) is 0 Å². The maximum atomic E-state index is 10.7. The van der Waals surface area contributed by atoms with Crippen molar-refractivity contribution < 1.29 is 14.3 Å². The molecule has 0 N–H and O–H groups in total. The highest BCUT2D eigenvalue weighted by Crippen LogP contribution is 2.00. The van der Waals surface area contributed by atoms with Gasteiger partial charge < -0.3 is 4.74 Å². The van der Waals surface area contributed by atoms with Crippen LogP contribution in [0.1, 0.15) is 12.5 Å². The molecule has 0 saturated heterocycles. The number of rotatable bonds is 3. The Labute approximate surface area is 76.3 Å². The first-order chi connectivity index (χ1) is 6.20. The second-order valence-electron chi connectivity index (χ2n) is 2.62. The lowest BCUT2D eigenvalue weighted by Gasteiger charge is -2.01. The van der Waals surface area contributed by atoms with E-state index >= 15 is 0 Å². The lowest BCUT2D eigenvalue weighted by molar-refractivity contribution is -0.153. The quantitative estimate of drug-likeness (QED) is 0.400. The summed E-state index contributed by atoms with van der Waals surface area (Å²) in [7, 11) is 0. The summed E-state index contributed by atoms with van der Waals surface area (Å²) in [5.41, 5.74) is 0.872. The summed E-state index contributed by atoms with van der Waals surface area (Å²) in [4.78, 5) is 21.2. The lowest BCUT2D eigenvalue weighted by Crippen LogP contribution is -2.13. The Kier molecular flexibility index (Phi) is 3.20. The molecule has 0 aliphatic rings. The summed E-state index contributed by atoms with van der Waals surface area (Å²) in [5.74, 6) is -1.36. The second-order valence-corrected chi connectivity index (χ2v) is 2.62. The number of hydrogen-bond donors (Lipinski definition) is 0. The van der Waals surface area contributed by atoms with E-state index in [-0.39, 0.29) is 6.61 Å². The first kappa shape index (κ1) is 9.45. The smallest absolute Gasteiger partial charge is 0.374 e. The van der Waals surface area contributed by atoms with Gasteiger partial charge in [0.25, 0.3) is 0 Å². The second kappa shape index (κ2) is 4.40. The van der Waals surface area contributed by atoms with Crippen LogP contribution in [0, 0.1) is 0 Å². The first-order valence-corrected chi connectivity index (χ1v) is 3.92. The highest BCUT2D eigenvalue weighted by molar-refractivity contribution is 6.32. The van der Waals surface area contributed by atoms with Crippen LogP contribution in [0.5, 0.6) is 0 Å². The standard InChI is InChI=1S/C10H10O3/c1-8(11)10(12)13-7-9-5-3-2-4-6-9/h2-6H,7H2,1H3/i1+1,10+1. The molecule has 0 amide bonds. The van der Waals surface area contributed by atoms with E-state index in [4.69, 9.17) is 4.74 Å². The third kappa shape index (κ3) is 3.07. The van der Waals surface area contributed by atoms with Crippen LogP contribution in [-0.2, 0) is 20.9 Å². The van der Waals surface area contributed by atoms with E-state index in [0.717, 1.165) is 5.56 Å². The number of esters is 1. The highest BCUT2D eigenvalue weighted by atomic mass is 16.6. The van der Waals surface area contributed by atoms with Crippen LogP contribution in [0.15, 0.2) is 30.3 Å². The molecular formula is C10H10O3. The fourth-order valence-corrected chi connectivity index (χ4v) is 0.825. The topological polar surface area (TPSA) is 43.4 Å². The molecule has 68 valence electrons. The average Bonchev–Trinajstić information content (AvgIpc) is 2.15. The third-order valence-corrected chi connectivity index (χ3v) is 1.50. The summed E-state index contributed by atoms with van der Waals surface area (Å²) >= 11 is 0. The summed E-state index contributed by atoms with van der Waals surface area (Å²) in [5, 5.41) is 0. The minimum atomic E-state index is -0.788. The Morgan fingerprint density at radius 1 is 1.23 bits per heavy atom. The van der Waals surface area contributed by atoms with E-state index in [1.165, 1.54) is 6.92 Å². The van der Waals surface area contributed by atoms with Crippen LogP contribution in [0.25, 0.3) is 0 Å². The van der Waals surface area contributed by atoms with E-state index < -0.39 is 11.8 Å². The number of ketones is 1. The lowest BCUT2D eigenvalue weighted by atomic mass is 10.2. The van der Waals surface area contributed by atoms with Crippen molar-refractivity contribution in [3.8, 4) is 0 Å². The molecule has 1 rings (SSSR count). The van der Waals surface area contributed by atoms with Gasteiger partial charge in [0, 0.05) is 6.92 Å². The number of Topliss-reactive ketones (excluding diaryl/α,β-unsaturated/α-hetero) is 1. The highest BCUT2D eigenvalue weighted by Gasteiger charge is 2.07. The van der Waals surface area contributed by atoms with Gasteiger partial charge in [0.15, 0.2) is 0 Å². The molecule has 0 radical (unpaired) electrons. The first-order valence-electron chi connectivity index (χ1n) is 3.92. The Morgan fingerprint density at radius 2 is 1.85 bits per heavy atom. The number of carbonyl (C=O) groups is 2. The SMILES string of the molecule is [13CH3]C(=O)[13C](=O)OCc1ccccc1. The predicted molar refractivity (Wildman–Crippen MR) is 46.9 cm³/mol. The molecule has 0 spiro atoms. The number of ether oxygens (including phenoxy) is 1. The maximum Gasteiger partial charge on any atom is 0.374 e. The minimum Gasteiger partial charge on any atom is -0.455 e. The average molecular weight is 180 g/mol. The van der Waals surface area contributed by atoms with Crippen LogP contribution >= 0.6 is 0 Å². The molecule has 0 atom stereocenters. The summed E-state index contributed by atoms with van der Waals surface area (Å²) < 4.78 is 4.70. The number of benzene rings is 1. The van der Waals surface area contributed by atoms with E-state index in [0.29, 0.717) is 0 Å². The van der Waals surface area contributed by atoms with Crippen LogP contribution in [0.3, 0.4) is 0 Å². The summed E-state index contributed by atoms with van der Waals surface area (Å²) in [6.07, 6.45) is 0. The molecule has 0 bridgehead atoms. The van der Waals surface area contributed by atoms with Gasteiger partial charge in [-0.3, -0.25) is 4.79 Å². The number of hydrogen-bond acceptors (Lipinski definition) is 3. The molecule has 0 unspecified atom stereocenters. The molecule has 1 aromatic carbocycles. The molecular weight excluding hydrogens is 170 g/mol. The fraction of sp³-hybridized carbons (Fsp3) is 0.200. The van der Waals surface area contributed by atoms with E-state index in [9.17, 15) is 9.59 Å². The van der Waals surface area contributed by atoms with E-state index in [1.807, 2.05) is 30.3 Å². The Hall–Kier alpha value is -1.64. The molecule has 0 aromatic heterocycles. The van der Waals surface area contributed by atoms with Crippen LogP contribution < -0.4 is 0 Å². The molecule has 0 fully saturated rings. The molecule has 0 aliphatic heterocycles. The van der Waals surface area contributed by atoms with Gasteiger partial charge in [-0.25, -0.2) is 4.79 Å². The van der Waals surface area contributed by atoms with E-state index in [2.05, 4.69) is 0 Å². The van der Waals surface area contributed by atoms with Crippen molar-refractivity contribution in [2.45, 2.75) is 13.5 Å². The molecule has 13 heavy (non-hydrogen) atoms.